The molecule has 6 heteroatoms. The van der Waals surface area contributed by atoms with Gasteiger partial charge in [-0.05, 0) is 67.3 Å². The molecule has 2 aromatic rings. The third-order valence-electron chi connectivity index (χ3n) is 4.88. The zero-order chi connectivity index (χ0) is 19.9. The number of piperidine rings is 1. The Labute approximate surface area is 164 Å². The zero-order valence-corrected chi connectivity index (χ0v) is 15.9. The smallest absolute Gasteiger partial charge is 0.338 e. The SMILES string of the molecule is CC1CCN(c2ccc(NC(=O)COC(=O)c3ccc(C#N)cc3)cc2)CC1. The number of hydrogen-bond acceptors (Lipinski definition) is 5. The minimum absolute atomic E-state index is 0.298. The summed E-state index contributed by atoms with van der Waals surface area (Å²) in [5.41, 5.74) is 2.56. The molecular weight excluding hydrogens is 354 g/mol. The van der Waals surface area contributed by atoms with Crippen LogP contribution in [0.2, 0.25) is 0 Å². The van der Waals surface area contributed by atoms with Crippen LogP contribution in [0.15, 0.2) is 48.5 Å². The summed E-state index contributed by atoms with van der Waals surface area (Å²) in [4.78, 5) is 26.3. The molecule has 0 atom stereocenters. The molecule has 1 amide bonds. The van der Waals surface area contributed by atoms with Crippen LogP contribution in [0.3, 0.4) is 0 Å². The van der Waals surface area contributed by atoms with Crippen LogP contribution in [0.4, 0.5) is 11.4 Å². The average molecular weight is 377 g/mol. The second-order valence-electron chi connectivity index (χ2n) is 7.03. The molecule has 1 fully saturated rings. The summed E-state index contributed by atoms with van der Waals surface area (Å²) in [5, 5.41) is 11.5. The van der Waals surface area contributed by atoms with Gasteiger partial charge in [0.15, 0.2) is 6.61 Å². The quantitative estimate of drug-likeness (QED) is 0.805. The van der Waals surface area contributed by atoms with Crippen molar-refractivity contribution in [2.24, 2.45) is 5.92 Å². The Balaban J connectivity index is 1.47. The van der Waals surface area contributed by atoms with Gasteiger partial charge < -0.3 is 15.0 Å². The first kappa shape index (κ1) is 19.4. The molecule has 1 N–H and O–H groups in total. The molecule has 0 aliphatic carbocycles. The van der Waals surface area contributed by atoms with Gasteiger partial charge in [0, 0.05) is 24.5 Å². The van der Waals surface area contributed by atoms with Crippen molar-refractivity contribution in [2.75, 3.05) is 29.9 Å². The number of ether oxygens (including phenoxy) is 1. The Morgan fingerprint density at radius 3 is 2.36 bits per heavy atom. The number of rotatable bonds is 5. The minimum atomic E-state index is -0.602. The minimum Gasteiger partial charge on any atom is -0.452 e. The van der Waals surface area contributed by atoms with Crippen molar-refractivity contribution in [3.63, 3.8) is 0 Å². The molecule has 1 aliphatic rings. The Hall–Kier alpha value is -3.33. The van der Waals surface area contributed by atoms with E-state index in [0.29, 0.717) is 16.8 Å². The highest BCUT2D eigenvalue weighted by molar-refractivity contribution is 5.95. The highest BCUT2D eigenvalue weighted by Gasteiger charge is 2.16. The van der Waals surface area contributed by atoms with E-state index in [1.54, 1.807) is 0 Å². The number of nitriles is 1. The summed E-state index contributed by atoms with van der Waals surface area (Å²) in [6.45, 7) is 4.02. The van der Waals surface area contributed by atoms with Crippen LogP contribution in [0.25, 0.3) is 0 Å². The van der Waals surface area contributed by atoms with Crippen LogP contribution in [0.1, 0.15) is 35.7 Å². The van der Waals surface area contributed by atoms with Gasteiger partial charge in [0.2, 0.25) is 0 Å². The van der Waals surface area contributed by atoms with E-state index in [0.717, 1.165) is 24.7 Å². The van der Waals surface area contributed by atoms with Crippen LogP contribution in [-0.4, -0.2) is 31.6 Å². The van der Waals surface area contributed by atoms with E-state index >= 15 is 0 Å². The molecule has 144 valence electrons. The average Bonchev–Trinajstić information content (AvgIpc) is 2.73. The first-order chi connectivity index (χ1) is 13.5. The molecule has 0 radical (unpaired) electrons. The van der Waals surface area contributed by atoms with Crippen LogP contribution in [0.5, 0.6) is 0 Å². The molecule has 1 aliphatic heterocycles. The van der Waals surface area contributed by atoms with E-state index in [1.165, 1.54) is 37.1 Å². The highest BCUT2D eigenvalue weighted by atomic mass is 16.5. The molecule has 0 spiro atoms. The predicted octanol–water partition coefficient (Wildman–Crippen LogP) is 3.59. The topological polar surface area (TPSA) is 82.4 Å². The molecule has 2 aromatic carbocycles. The third-order valence-corrected chi connectivity index (χ3v) is 4.88. The fraction of sp³-hybridized carbons (Fsp3) is 0.318. The first-order valence-electron chi connectivity index (χ1n) is 9.37. The Morgan fingerprint density at radius 2 is 1.75 bits per heavy atom. The van der Waals surface area contributed by atoms with Crippen LogP contribution in [0, 0.1) is 17.2 Å². The van der Waals surface area contributed by atoms with Crippen LogP contribution in [-0.2, 0) is 9.53 Å². The van der Waals surface area contributed by atoms with E-state index in [2.05, 4.69) is 17.1 Å². The van der Waals surface area contributed by atoms with E-state index in [1.807, 2.05) is 30.3 Å². The van der Waals surface area contributed by atoms with Crippen molar-refractivity contribution in [1.29, 1.82) is 5.26 Å². The van der Waals surface area contributed by atoms with Crippen LogP contribution < -0.4 is 10.2 Å². The number of amides is 1. The summed E-state index contributed by atoms with van der Waals surface area (Å²) in [7, 11) is 0. The van der Waals surface area contributed by atoms with Gasteiger partial charge >= 0.3 is 5.97 Å². The summed E-state index contributed by atoms with van der Waals surface area (Å²) in [6.07, 6.45) is 2.40. The summed E-state index contributed by atoms with van der Waals surface area (Å²) >= 11 is 0. The van der Waals surface area contributed by atoms with Gasteiger partial charge in [0.1, 0.15) is 0 Å². The lowest BCUT2D eigenvalue weighted by Gasteiger charge is -2.32. The van der Waals surface area contributed by atoms with E-state index in [-0.39, 0.29) is 6.61 Å². The van der Waals surface area contributed by atoms with Gasteiger partial charge in [0.25, 0.3) is 5.91 Å². The van der Waals surface area contributed by atoms with Crippen molar-refractivity contribution in [1.82, 2.24) is 0 Å². The van der Waals surface area contributed by atoms with Gasteiger partial charge in [-0.2, -0.15) is 5.26 Å². The number of nitrogens with zero attached hydrogens (tertiary/aromatic N) is 2. The number of carbonyl (C=O) groups is 2. The normalized spacial score (nSPS) is 14.2. The number of anilines is 2. The third kappa shape index (κ3) is 5.10. The fourth-order valence-corrected chi connectivity index (χ4v) is 3.11. The number of hydrogen-bond donors (Lipinski definition) is 1. The molecule has 0 bridgehead atoms. The fourth-order valence-electron chi connectivity index (χ4n) is 3.11. The van der Waals surface area contributed by atoms with Crippen molar-refractivity contribution < 1.29 is 14.3 Å². The molecule has 6 nitrogen and oxygen atoms in total. The van der Waals surface area contributed by atoms with E-state index in [4.69, 9.17) is 10.00 Å². The second kappa shape index (κ2) is 9.05. The van der Waals surface area contributed by atoms with Crippen molar-refractivity contribution in [2.45, 2.75) is 19.8 Å². The van der Waals surface area contributed by atoms with Gasteiger partial charge in [-0.1, -0.05) is 6.92 Å². The lowest BCUT2D eigenvalue weighted by molar-refractivity contribution is -0.119. The van der Waals surface area contributed by atoms with Crippen molar-refractivity contribution >= 4 is 23.3 Å². The molecule has 0 aromatic heterocycles. The van der Waals surface area contributed by atoms with E-state index in [9.17, 15) is 9.59 Å². The van der Waals surface area contributed by atoms with Gasteiger partial charge in [-0.25, -0.2) is 4.79 Å². The lowest BCUT2D eigenvalue weighted by Crippen LogP contribution is -2.32. The van der Waals surface area contributed by atoms with E-state index < -0.39 is 11.9 Å². The largest absolute Gasteiger partial charge is 0.452 e. The highest BCUT2D eigenvalue weighted by Crippen LogP contribution is 2.24. The summed E-state index contributed by atoms with van der Waals surface area (Å²) in [6, 6.07) is 15.7. The van der Waals surface area contributed by atoms with Gasteiger partial charge in [0.05, 0.1) is 17.2 Å². The number of benzene rings is 2. The predicted molar refractivity (Wildman–Crippen MR) is 107 cm³/mol. The van der Waals surface area contributed by atoms with Gasteiger partial charge in [-0.15, -0.1) is 0 Å². The molecule has 1 heterocycles. The number of esters is 1. The van der Waals surface area contributed by atoms with Crippen molar-refractivity contribution in [3.8, 4) is 6.07 Å². The molecule has 3 rings (SSSR count). The molecule has 28 heavy (non-hydrogen) atoms. The second-order valence-corrected chi connectivity index (χ2v) is 7.03. The maximum absolute atomic E-state index is 12.0. The summed E-state index contributed by atoms with van der Waals surface area (Å²) in [5.74, 6) is -0.224. The standard InChI is InChI=1S/C22H23N3O3/c1-16-10-12-25(13-11-16)20-8-6-19(7-9-20)24-21(26)15-28-22(27)18-4-2-17(14-23)3-5-18/h2-9,16H,10-13,15H2,1H3,(H,24,26). The first-order valence-corrected chi connectivity index (χ1v) is 9.37. The Kier molecular flexibility index (Phi) is 6.28. The molecular formula is C22H23N3O3. The summed E-state index contributed by atoms with van der Waals surface area (Å²) < 4.78 is 5.02. The zero-order valence-electron chi connectivity index (χ0n) is 15.9. The maximum atomic E-state index is 12.0. The number of nitrogens with one attached hydrogen (secondary N) is 1. The number of carbonyl (C=O) groups excluding carboxylic acids is 2. The Morgan fingerprint density at radius 1 is 1.11 bits per heavy atom. The van der Waals surface area contributed by atoms with Gasteiger partial charge in [-0.3, -0.25) is 4.79 Å². The Bertz CT molecular complexity index is 861. The molecule has 0 saturated carbocycles. The molecule has 1 saturated heterocycles. The molecule has 0 unspecified atom stereocenters. The van der Waals surface area contributed by atoms with Crippen LogP contribution >= 0.6 is 0 Å². The lowest BCUT2D eigenvalue weighted by atomic mass is 9.99. The monoisotopic (exact) mass is 377 g/mol. The maximum Gasteiger partial charge on any atom is 0.338 e. The van der Waals surface area contributed by atoms with Crippen molar-refractivity contribution in [3.05, 3.63) is 59.7 Å².